The van der Waals surface area contributed by atoms with Crippen LogP contribution in [0.1, 0.15) is 110 Å². The number of carbonyl (C=O) groups is 1. The van der Waals surface area contributed by atoms with Crippen molar-refractivity contribution in [1.29, 1.82) is 10.5 Å². The minimum Gasteiger partial charge on any atom is -0.457 e. The second-order valence-corrected chi connectivity index (χ2v) is 17.1. The van der Waals surface area contributed by atoms with Crippen LogP contribution in [0.2, 0.25) is 0 Å². The molecule has 2 unspecified atom stereocenters. The van der Waals surface area contributed by atoms with Crippen LogP contribution < -0.4 is 10.6 Å². The van der Waals surface area contributed by atoms with E-state index in [2.05, 4.69) is 55.7 Å². The fourth-order valence-electron chi connectivity index (χ4n) is 8.45. The van der Waals surface area contributed by atoms with E-state index in [4.69, 9.17) is 30.1 Å². The number of thiophene rings is 1. The Balaban J connectivity index is 0.00000119. The van der Waals surface area contributed by atoms with Gasteiger partial charge in [-0.1, -0.05) is 32.9 Å². The van der Waals surface area contributed by atoms with Crippen molar-refractivity contribution in [2.75, 3.05) is 43.1 Å². The number of anilines is 2. The number of ether oxygens (including phenoxy) is 1. The molecule has 18 heteroatoms. The third-order valence-corrected chi connectivity index (χ3v) is 13.1. The Kier molecular flexibility index (Phi) is 14.7. The first kappa shape index (κ1) is 45.0. The lowest BCUT2D eigenvalue weighted by molar-refractivity contribution is -0.384. The van der Waals surface area contributed by atoms with Crippen LogP contribution in [0.5, 0.6) is 0 Å². The highest BCUT2D eigenvalue weighted by Crippen LogP contribution is 2.46. The predicted octanol–water partition coefficient (Wildman–Crippen LogP) is 7.96. The van der Waals surface area contributed by atoms with Gasteiger partial charge in [0.15, 0.2) is 17.2 Å². The highest BCUT2D eigenvalue weighted by molar-refractivity contribution is 7.80. The number of esters is 1. The van der Waals surface area contributed by atoms with E-state index in [0.717, 1.165) is 72.2 Å². The number of nitro benzene ring substituents is 1. The van der Waals surface area contributed by atoms with Gasteiger partial charge in [-0.15, -0.1) is 11.3 Å². The summed E-state index contributed by atoms with van der Waals surface area (Å²) in [5.74, 6) is 1.21. The zero-order valence-electron chi connectivity index (χ0n) is 34.0. The Morgan fingerprint density at radius 3 is 2.56 bits per heavy atom. The highest BCUT2D eigenvalue weighted by Gasteiger charge is 2.37. The Morgan fingerprint density at radius 1 is 1.13 bits per heavy atom. The molecule has 0 radical (unpaired) electrons. The number of likely N-dealkylation sites (N-methyl/N-ethyl adjacent to an activating group) is 1. The van der Waals surface area contributed by atoms with E-state index in [1.54, 1.807) is 6.20 Å². The molecule has 2 aliphatic heterocycles. The smallest absolute Gasteiger partial charge is 0.338 e. The Bertz CT molecular complexity index is 2430. The molecule has 61 heavy (non-hydrogen) atoms. The number of thiol groups is 1. The largest absolute Gasteiger partial charge is 0.457 e. The quantitative estimate of drug-likeness (QED) is 0.0557. The zero-order chi connectivity index (χ0) is 42.5. The first-order valence-electron chi connectivity index (χ1n) is 20.5. The van der Waals surface area contributed by atoms with Gasteiger partial charge >= 0.3 is 5.97 Å². The predicted molar refractivity (Wildman–Crippen MR) is 238 cm³/mol. The fraction of sp³-hybridized carbons (Fsp3) is 0.512. The Labute approximate surface area is 365 Å². The summed E-state index contributed by atoms with van der Waals surface area (Å²) in [6, 6.07) is 10.2. The molecule has 4 aromatic heterocycles. The van der Waals surface area contributed by atoms with E-state index >= 15 is 0 Å². The van der Waals surface area contributed by atoms with Crippen molar-refractivity contribution < 1.29 is 19.0 Å². The number of piperidine rings is 1. The minimum absolute atomic E-state index is 0. The molecule has 1 aromatic carbocycles. The molecular formula is C43H53N11O5S2. The molecule has 5 aromatic rings. The Morgan fingerprint density at radius 2 is 1.90 bits per heavy atom. The van der Waals surface area contributed by atoms with E-state index in [1.807, 2.05) is 9.58 Å². The van der Waals surface area contributed by atoms with Crippen LogP contribution in [0, 0.1) is 38.7 Å². The molecule has 1 aliphatic carbocycles. The Hall–Kier alpha value is -5.56. The summed E-state index contributed by atoms with van der Waals surface area (Å²) in [6.45, 7) is 6.53. The molecule has 16 nitrogen and oxygen atoms in total. The van der Waals surface area contributed by atoms with Gasteiger partial charge in [-0.25, -0.2) is 19.4 Å². The average Bonchev–Trinajstić information content (AvgIpc) is 4.06. The molecule has 6 heterocycles. The number of fused-ring (bicyclic) bond motifs is 2. The third-order valence-electron chi connectivity index (χ3n) is 11.6. The van der Waals surface area contributed by atoms with Crippen LogP contribution in [0.4, 0.5) is 16.5 Å². The molecule has 8 rings (SSSR count). The van der Waals surface area contributed by atoms with Crippen LogP contribution in [0.3, 0.4) is 0 Å². The number of aryl methyl sites for hydroxylation is 1. The van der Waals surface area contributed by atoms with E-state index < -0.39 is 22.9 Å². The summed E-state index contributed by atoms with van der Waals surface area (Å²) in [7, 11) is 2.12. The highest BCUT2D eigenvalue weighted by atomic mass is 32.1. The van der Waals surface area contributed by atoms with Gasteiger partial charge in [0.2, 0.25) is 0 Å². The standard InChI is InChI=1S/C39H41N11O5S.C3H8S.CH4/c1-3-6-31-32(28(18-41)35(42)56-31)26-8-4-9-27-33(46-55-34(26)27)36-44-37(29-19-43-49(38(29)45-36)21-25-7-5-15-47(25)2)48-16-14-30(23(17-40)20-48)54-39(51)22-10-12-24(13-11-22)50(52)53;1-2-3-4;/h10-13,19,23,25-26,30H,3-9,14-16,20-21,42H2,1-2H3;4H,2-3H2,1H3;1H4/t23-,25?,26?,30+;;/m1../s1. The van der Waals surface area contributed by atoms with Crippen molar-refractivity contribution in [2.45, 2.75) is 104 Å². The number of nitro groups is 1. The minimum atomic E-state index is -0.696. The number of hydrogen-bond donors (Lipinski definition) is 2. The van der Waals surface area contributed by atoms with E-state index in [1.165, 1.54) is 42.0 Å². The lowest BCUT2D eigenvalue weighted by atomic mass is 9.81. The maximum Gasteiger partial charge on any atom is 0.338 e. The maximum atomic E-state index is 13.1. The zero-order valence-corrected chi connectivity index (χ0v) is 35.8. The summed E-state index contributed by atoms with van der Waals surface area (Å²) in [4.78, 5) is 39.3. The van der Waals surface area contributed by atoms with Crippen molar-refractivity contribution in [1.82, 2.24) is 29.8 Å². The molecule has 2 N–H and O–H groups in total. The van der Waals surface area contributed by atoms with Gasteiger partial charge in [0.25, 0.3) is 5.69 Å². The summed E-state index contributed by atoms with van der Waals surface area (Å²) in [6.07, 6.45) is 8.88. The molecule has 3 aliphatic rings. The lowest BCUT2D eigenvalue weighted by Gasteiger charge is -2.35. The monoisotopic (exact) mass is 867 g/mol. The van der Waals surface area contributed by atoms with Crippen molar-refractivity contribution in [3.63, 3.8) is 0 Å². The summed E-state index contributed by atoms with van der Waals surface area (Å²) < 4.78 is 13.9. The van der Waals surface area contributed by atoms with Crippen LogP contribution in [-0.2, 0) is 24.1 Å². The SMILES string of the molecule is C.CCCS.CCCc1sc(N)c(C#N)c1C1CCCc2c(-c3nc(N4CC[C@H](OC(=O)c5ccc([N+](=O)[O-])cc5)[C@H](C#N)C4)c4cnn(CC5CCCN5C)c4n3)noc21. The number of rotatable bonds is 11. The van der Waals surface area contributed by atoms with E-state index in [-0.39, 0.29) is 31.1 Å². The molecule has 2 fully saturated rings. The fourth-order valence-corrected chi connectivity index (χ4v) is 9.64. The first-order valence-corrected chi connectivity index (χ1v) is 22.0. The van der Waals surface area contributed by atoms with Crippen molar-refractivity contribution in [3.8, 4) is 23.7 Å². The normalized spacial score (nSPS) is 19.9. The number of nitriles is 2. The average molecular weight is 868 g/mol. The second-order valence-electron chi connectivity index (χ2n) is 15.5. The lowest BCUT2D eigenvalue weighted by Crippen LogP contribution is -2.45. The number of benzene rings is 1. The van der Waals surface area contributed by atoms with E-state index in [9.17, 15) is 25.4 Å². The first-order chi connectivity index (χ1) is 29.1. The summed E-state index contributed by atoms with van der Waals surface area (Å²) >= 11 is 5.40. The maximum absolute atomic E-state index is 13.1. The number of non-ortho nitro benzene ring substituents is 1. The van der Waals surface area contributed by atoms with Gasteiger partial charge in [-0.3, -0.25) is 10.1 Å². The van der Waals surface area contributed by atoms with Crippen LogP contribution in [0.25, 0.3) is 22.6 Å². The summed E-state index contributed by atoms with van der Waals surface area (Å²) in [5.41, 5.74) is 9.96. The van der Waals surface area contributed by atoms with Crippen molar-refractivity contribution in [3.05, 3.63) is 73.5 Å². The van der Waals surface area contributed by atoms with Crippen LogP contribution in [-0.4, -0.2) is 85.3 Å². The number of likely N-dealkylation sites (tertiary alicyclic amines) is 1. The molecule has 0 amide bonds. The number of nitrogens with two attached hydrogens (primary N) is 1. The summed E-state index contributed by atoms with van der Waals surface area (Å²) in [5, 5.41) is 42.2. The van der Waals surface area contributed by atoms with Gasteiger partial charge < -0.3 is 24.8 Å². The second kappa shape index (κ2) is 19.9. The van der Waals surface area contributed by atoms with Crippen LogP contribution in [0.15, 0.2) is 35.0 Å². The molecule has 322 valence electrons. The molecule has 0 spiro atoms. The number of hydrogen-bond acceptors (Lipinski definition) is 16. The number of aromatic nitrogens is 5. The number of nitrogens with zero attached hydrogens (tertiary/aromatic N) is 10. The van der Waals surface area contributed by atoms with Gasteiger partial charge in [0.05, 0.1) is 40.2 Å². The van der Waals surface area contributed by atoms with E-state index in [0.29, 0.717) is 71.3 Å². The molecule has 2 saturated heterocycles. The molecule has 4 atom stereocenters. The molecule has 0 saturated carbocycles. The topological polar surface area (TPSA) is 219 Å². The third kappa shape index (κ3) is 9.22. The van der Waals surface area contributed by atoms with Gasteiger partial charge in [0.1, 0.15) is 34.7 Å². The van der Waals surface area contributed by atoms with Crippen LogP contribution >= 0.6 is 24.0 Å². The number of carbonyl (C=O) groups excluding carboxylic acids is 1. The van der Waals surface area contributed by atoms with Crippen molar-refractivity contribution in [2.24, 2.45) is 5.92 Å². The van der Waals surface area contributed by atoms with Gasteiger partial charge in [-0.05, 0) is 82.0 Å². The molecular weight excluding hydrogens is 815 g/mol. The molecule has 0 bridgehead atoms. The van der Waals surface area contributed by atoms with Crippen molar-refractivity contribution >= 4 is 57.5 Å². The van der Waals surface area contributed by atoms with Gasteiger partial charge in [-0.2, -0.15) is 28.3 Å². The number of nitrogen functional groups attached to an aromatic ring is 1. The van der Waals surface area contributed by atoms with Gasteiger partial charge in [0, 0.05) is 54.0 Å².